The lowest BCUT2D eigenvalue weighted by Gasteiger charge is -2.10. The Hall–Kier alpha value is -3.51. The van der Waals surface area contributed by atoms with Gasteiger partial charge in [0.05, 0.1) is 5.39 Å². The number of nitrogens with one attached hydrogen (secondary N) is 2. The summed E-state index contributed by atoms with van der Waals surface area (Å²) in [5, 5.41) is 4.17. The Kier molecular flexibility index (Phi) is 4.17. The van der Waals surface area contributed by atoms with E-state index in [9.17, 15) is 4.79 Å². The molecule has 2 aromatic carbocycles. The normalized spacial score (nSPS) is 10.8. The number of carbonyl (C=O) groups is 1. The van der Waals surface area contributed by atoms with Gasteiger partial charge in [-0.15, -0.1) is 0 Å². The Morgan fingerprint density at radius 3 is 2.81 bits per heavy atom. The maximum atomic E-state index is 11.4. The van der Waals surface area contributed by atoms with Gasteiger partial charge in [0, 0.05) is 29.6 Å². The third-order valence-corrected chi connectivity index (χ3v) is 4.27. The maximum absolute atomic E-state index is 11.4. The zero-order valence-corrected chi connectivity index (χ0v) is 13.9. The highest BCUT2D eigenvalue weighted by molar-refractivity contribution is 6.04. The number of carbonyl (C=O) groups excluding carboxylic acids is 1. The van der Waals surface area contributed by atoms with Gasteiger partial charge >= 0.3 is 0 Å². The minimum Gasteiger partial charge on any atom is -0.345 e. The number of hydrogen-bond donors (Lipinski definition) is 3. The Morgan fingerprint density at radius 2 is 1.96 bits per heavy atom. The third-order valence-electron chi connectivity index (χ3n) is 4.27. The average molecular weight is 343 g/mol. The molecule has 0 aliphatic carbocycles. The van der Waals surface area contributed by atoms with E-state index in [-0.39, 0.29) is 0 Å². The first kappa shape index (κ1) is 16.0. The number of aromatic nitrogens is 3. The first-order chi connectivity index (χ1) is 12.8. The number of nitrogens with zero attached hydrogens (tertiary/aromatic N) is 2. The molecule has 4 rings (SSSR count). The molecule has 4 N–H and O–H groups in total. The molecule has 0 atom stereocenters. The van der Waals surface area contributed by atoms with Crippen LogP contribution >= 0.6 is 0 Å². The number of hydrogen-bond acceptors (Lipinski definition) is 5. The van der Waals surface area contributed by atoms with E-state index in [1.54, 1.807) is 6.07 Å². The zero-order valence-electron chi connectivity index (χ0n) is 13.9. The highest BCUT2D eigenvalue weighted by Crippen LogP contribution is 2.34. The lowest BCUT2D eigenvalue weighted by molar-refractivity contribution is 0.112. The van der Waals surface area contributed by atoms with Gasteiger partial charge in [0.25, 0.3) is 0 Å². The van der Waals surface area contributed by atoms with Crippen LogP contribution in [-0.4, -0.2) is 21.2 Å². The molecule has 0 amide bonds. The molecular weight excluding hydrogens is 326 g/mol. The van der Waals surface area contributed by atoms with Crippen molar-refractivity contribution < 1.29 is 4.79 Å². The summed E-state index contributed by atoms with van der Waals surface area (Å²) in [4.78, 5) is 23.3. The van der Waals surface area contributed by atoms with Crippen LogP contribution in [-0.2, 0) is 6.54 Å². The third kappa shape index (κ3) is 2.82. The molecule has 2 aromatic heterocycles. The molecule has 0 radical (unpaired) electrons. The van der Waals surface area contributed by atoms with Crippen molar-refractivity contribution in [2.45, 2.75) is 6.54 Å². The molecule has 0 saturated heterocycles. The van der Waals surface area contributed by atoms with Gasteiger partial charge in [-0.05, 0) is 23.3 Å². The molecule has 0 unspecified atom stereocenters. The summed E-state index contributed by atoms with van der Waals surface area (Å²) in [5.41, 5.74) is 10.7. The van der Waals surface area contributed by atoms with Crippen LogP contribution in [0.3, 0.4) is 0 Å². The topological polar surface area (TPSA) is 96.7 Å². The van der Waals surface area contributed by atoms with Crippen molar-refractivity contribution in [3.63, 3.8) is 0 Å². The van der Waals surface area contributed by atoms with Crippen molar-refractivity contribution in [2.24, 2.45) is 5.73 Å². The van der Waals surface area contributed by atoms with Gasteiger partial charge in [-0.2, -0.15) is 0 Å². The van der Waals surface area contributed by atoms with Gasteiger partial charge in [-0.3, -0.25) is 4.79 Å². The lowest BCUT2D eigenvalue weighted by Crippen LogP contribution is -1.99. The molecule has 2 heterocycles. The second-order valence-corrected chi connectivity index (χ2v) is 5.88. The van der Waals surface area contributed by atoms with E-state index in [2.05, 4.69) is 20.3 Å². The standard InChI is InChI=1S/C20H17N5O/c21-9-13-4-3-6-15(8-13)25-20-18-17(10-22-19(18)23-12-24-20)16-7-2-1-5-14(16)11-26/h1-8,10-12H,9,21H2,(H2,22,23,24,25). The number of fused-ring (bicyclic) bond motifs is 1. The molecule has 4 aromatic rings. The number of aldehydes is 1. The van der Waals surface area contributed by atoms with Crippen molar-refractivity contribution in [2.75, 3.05) is 5.32 Å². The quantitative estimate of drug-likeness (QED) is 0.481. The van der Waals surface area contributed by atoms with E-state index in [0.29, 0.717) is 23.6 Å². The molecule has 0 fully saturated rings. The highest BCUT2D eigenvalue weighted by atomic mass is 16.1. The number of H-pyrrole nitrogens is 1. The number of aromatic amines is 1. The summed E-state index contributed by atoms with van der Waals surface area (Å²) in [6.45, 7) is 0.469. The minimum absolute atomic E-state index is 0.469. The Balaban J connectivity index is 1.86. The number of rotatable bonds is 5. The van der Waals surface area contributed by atoms with Crippen molar-refractivity contribution in [1.29, 1.82) is 0 Å². The van der Waals surface area contributed by atoms with Crippen molar-refractivity contribution in [3.8, 4) is 11.1 Å². The summed E-state index contributed by atoms with van der Waals surface area (Å²) < 4.78 is 0. The molecular formula is C20H17N5O. The molecule has 0 saturated carbocycles. The molecule has 0 aliphatic rings. The molecule has 128 valence electrons. The monoisotopic (exact) mass is 343 g/mol. The molecule has 6 heteroatoms. The summed E-state index contributed by atoms with van der Waals surface area (Å²) in [7, 11) is 0. The van der Waals surface area contributed by atoms with Crippen LogP contribution in [0.2, 0.25) is 0 Å². The van der Waals surface area contributed by atoms with Gasteiger partial charge in [0.2, 0.25) is 0 Å². The largest absolute Gasteiger partial charge is 0.345 e. The SMILES string of the molecule is NCc1cccc(Nc2ncnc3[nH]cc(-c4ccccc4C=O)c23)c1. The highest BCUT2D eigenvalue weighted by Gasteiger charge is 2.15. The van der Waals surface area contributed by atoms with Crippen molar-refractivity contribution >= 4 is 28.8 Å². The van der Waals surface area contributed by atoms with E-state index >= 15 is 0 Å². The first-order valence-electron chi connectivity index (χ1n) is 8.23. The maximum Gasteiger partial charge on any atom is 0.150 e. The predicted octanol–water partition coefficient (Wildman–Crippen LogP) is 3.64. The second-order valence-electron chi connectivity index (χ2n) is 5.88. The number of benzene rings is 2. The van der Waals surface area contributed by atoms with E-state index in [1.165, 1.54) is 6.33 Å². The van der Waals surface area contributed by atoms with Crippen LogP contribution in [0.5, 0.6) is 0 Å². The number of anilines is 2. The minimum atomic E-state index is 0.469. The smallest absolute Gasteiger partial charge is 0.150 e. The van der Waals surface area contributed by atoms with Crippen LogP contribution in [0.25, 0.3) is 22.2 Å². The first-order valence-corrected chi connectivity index (χ1v) is 8.23. The van der Waals surface area contributed by atoms with Crippen LogP contribution < -0.4 is 11.1 Å². The predicted molar refractivity (Wildman–Crippen MR) is 102 cm³/mol. The van der Waals surface area contributed by atoms with Crippen LogP contribution in [0, 0.1) is 0 Å². The molecule has 0 bridgehead atoms. The van der Waals surface area contributed by atoms with E-state index in [1.807, 2.05) is 48.7 Å². The number of nitrogens with two attached hydrogens (primary N) is 1. The van der Waals surface area contributed by atoms with Crippen LogP contribution in [0.15, 0.2) is 61.1 Å². The fourth-order valence-corrected chi connectivity index (χ4v) is 3.03. The van der Waals surface area contributed by atoms with Gasteiger partial charge in [-0.25, -0.2) is 9.97 Å². The fourth-order valence-electron chi connectivity index (χ4n) is 3.03. The van der Waals surface area contributed by atoms with Crippen LogP contribution in [0.1, 0.15) is 15.9 Å². The Bertz CT molecular complexity index is 1090. The summed E-state index contributed by atoms with van der Waals surface area (Å²) >= 11 is 0. The zero-order chi connectivity index (χ0) is 17.9. The van der Waals surface area contributed by atoms with Gasteiger partial charge in [0.15, 0.2) is 6.29 Å². The summed E-state index contributed by atoms with van der Waals surface area (Å²) in [6.07, 6.45) is 4.21. The van der Waals surface area contributed by atoms with Crippen molar-refractivity contribution in [1.82, 2.24) is 15.0 Å². The van der Waals surface area contributed by atoms with Crippen LogP contribution in [0.4, 0.5) is 11.5 Å². The molecule has 0 aliphatic heterocycles. The van der Waals surface area contributed by atoms with Crippen molar-refractivity contribution in [3.05, 3.63) is 72.2 Å². The molecule has 6 nitrogen and oxygen atoms in total. The summed E-state index contributed by atoms with van der Waals surface area (Å²) in [6, 6.07) is 15.3. The Morgan fingerprint density at radius 1 is 1.08 bits per heavy atom. The fraction of sp³-hybridized carbons (Fsp3) is 0.0500. The van der Waals surface area contributed by atoms with E-state index < -0.39 is 0 Å². The molecule has 0 spiro atoms. The second kappa shape index (κ2) is 6.78. The van der Waals surface area contributed by atoms with E-state index in [0.717, 1.165) is 34.1 Å². The summed E-state index contributed by atoms with van der Waals surface area (Å²) in [5.74, 6) is 0.668. The lowest BCUT2D eigenvalue weighted by atomic mass is 10.0. The molecule has 26 heavy (non-hydrogen) atoms. The Labute approximate surface area is 150 Å². The van der Waals surface area contributed by atoms with E-state index in [4.69, 9.17) is 5.73 Å². The van der Waals surface area contributed by atoms with Gasteiger partial charge < -0.3 is 16.0 Å². The van der Waals surface area contributed by atoms with Gasteiger partial charge in [0.1, 0.15) is 17.8 Å². The van der Waals surface area contributed by atoms with Gasteiger partial charge in [-0.1, -0.05) is 36.4 Å². The average Bonchev–Trinajstić information content (AvgIpc) is 3.13.